The van der Waals surface area contributed by atoms with Gasteiger partial charge in [-0.15, -0.1) is 0 Å². The molecule has 1 aromatic heterocycles. The number of phenolic OH excluding ortho intramolecular Hbond substituents is 1. The summed E-state index contributed by atoms with van der Waals surface area (Å²) in [6, 6.07) is 24.2. The third kappa shape index (κ3) is 11.0. The summed E-state index contributed by atoms with van der Waals surface area (Å²) < 4.78 is 4.73. The minimum atomic E-state index is -0.00694. The molecule has 0 radical (unpaired) electrons. The number of furan rings is 1. The molecule has 0 saturated heterocycles. The standard InChI is InChI=1S/C6H6O.C6H6.C5H6O2.CH2O/c7-6-4-2-1-3-5-6;1-2-4-6-5-3-1;6-4-5-2-1-3-7-5;1-2/h1-5,7H;1-6H;1-3,6H,4H2;1H2. The van der Waals surface area contributed by atoms with Gasteiger partial charge in [-0.3, -0.25) is 0 Å². The first kappa shape index (κ1) is 19.2. The molecule has 2 aromatic carbocycles. The van der Waals surface area contributed by atoms with Gasteiger partial charge in [-0.25, -0.2) is 0 Å². The molecule has 0 unspecified atom stereocenters. The van der Waals surface area contributed by atoms with E-state index in [0.717, 1.165) is 0 Å². The first-order valence-electron chi connectivity index (χ1n) is 6.49. The predicted octanol–water partition coefficient (Wildman–Crippen LogP) is 3.67. The van der Waals surface area contributed by atoms with Gasteiger partial charge in [0.1, 0.15) is 24.9 Å². The monoisotopic (exact) mass is 300 g/mol. The summed E-state index contributed by atoms with van der Waals surface area (Å²) in [5.74, 6) is 0.933. The van der Waals surface area contributed by atoms with Crippen molar-refractivity contribution in [2.45, 2.75) is 6.61 Å². The van der Waals surface area contributed by atoms with Crippen LogP contribution in [0.25, 0.3) is 0 Å². The molecule has 0 bridgehead atoms. The summed E-state index contributed by atoms with van der Waals surface area (Å²) in [6.45, 7) is 1.99. The number of carbonyl (C=O) groups is 1. The molecule has 0 aliphatic rings. The fraction of sp³-hybridized carbons (Fsp3) is 0.0556. The maximum Gasteiger partial charge on any atom is 0.129 e. The summed E-state index contributed by atoms with van der Waals surface area (Å²) in [6.07, 6.45) is 1.53. The Hall–Kier alpha value is -2.85. The number of aliphatic hydroxyl groups excluding tert-OH is 1. The lowest BCUT2D eigenvalue weighted by Crippen LogP contribution is -1.72. The minimum absolute atomic E-state index is 0.00694. The maximum absolute atomic E-state index is 8.63. The van der Waals surface area contributed by atoms with Crippen LogP contribution in [0.2, 0.25) is 0 Å². The molecule has 22 heavy (non-hydrogen) atoms. The van der Waals surface area contributed by atoms with E-state index in [9.17, 15) is 0 Å². The number of carbonyl (C=O) groups excluding carboxylic acids is 1. The van der Waals surface area contributed by atoms with Crippen molar-refractivity contribution < 1.29 is 19.4 Å². The topological polar surface area (TPSA) is 70.7 Å². The average Bonchev–Trinajstić information content (AvgIpc) is 3.14. The smallest absolute Gasteiger partial charge is 0.129 e. The van der Waals surface area contributed by atoms with E-state index in [1.807, 2.05) is 49.3 Å². The van der Waals surface area contributed by atoms with E-state index in [4.69, 9.17) is 19.4 Å². The number of aromatic hydroxyl groups is 1. The summed E-state index contributed by atoms with van der Waals surface area (Å²) in [7, 11) is 0. The number of rotatable bonds is 1. The van der Waals surface area contributed by atoms with Gasteiger partial charge in [0.15, 0.2) is 0 Å². The number of benzene rings is 2. The van der Waals surface area contributed by atoms with Crippen LogP contribution in [0.3, 0.4) is 0 Å². The molecular formula is C18H20O4. The lowest BCUT2D eigenvalue weighted by atomic mass is 10.3. The Bertz CT molecular complexity index is 509. The Labute approximate surface area is 130 Å². The molecule has 0 amide bonds. The fourth-order valence-corrected chi connectivity index (χ4v) is 1.22. The van der Waals surface area contributed by atoms with Crippen molar-refractivity contribution in [3.63, 3.8) is 0 Å². The zero-order chi connectivity index (χ0) is 16.5. The predicted molar refractivity (Wildman–Crippen MR) is 86.3 cm³/mol. The van der Waals surface area contributed by atoms with Gasteiger partial charge in [-0.05, 0) is 24.3 Å². The molecule has 0 atom stereocenters. The third-order valence-electron chi connectivity index (χ3n) is 2.16. The summed E-state index contributed by atoms with van der Waals surface area (Å²) in [5, 5.41) is 17.0. The van der Waals surface area contributed by atoms with Crippen molar-refractivity contribution in [1.82, 2.24) is 0 Å². The molecule has 0 saturated carbocycles. The lowest BCUT2D eigenvalue weighted by molar-refractivity contribution is -0.0979. The van der Waals surface area contributed by atoms with Gasteiger partial charge < -0.3 is 19.4 Å². The summed E-state index contributed by atoms with van der Waals surface area (Å²) in [5.41, 5.74) is 0. The van der Waals surface area contributed by atoms with Crippen molar-refractivity contribution in [2.24, 2.45) is 0 Å². The highest BCUT2D eigenvalue weighted by molar-refractivity contribution is 5.18. The van der Waals surface area contributed by atoms with E-state index in [0.29, 0.717) is 11.5 Å². The van der Waals surface area contributed by atoms with Crippen LogP contribution in [0, 0.1) is 0 Å². The summed E-state index contributed by atoms with van der Waals surface area (Å²) in [4.78, 5) is 8.00. The molecule has 0 aliphatic heterocycles. The maximum atomic E-state index is 8.63. The van der Waals surface area contributed by atoms with Gasteiger partial charge in [0.25, 0.3) is 0 Å². The third-order valence-corrected chi connectivity index (χ3v) is 2.16. The van der Waals surface area contributed by atoms with Crippen LogP contribution in [0.15, 0.2) is 89.5 Å². The zero-order valence-electron chi connectivity index (χ0n) is 12.2. The molecule has 0 aliphatic carbocycles. The van der Waals surface area contributed by atoms with E-state index >= 15 is 0 Å². The molecule has 116 valence electrons. The number of para-hydroxylation sites is 1. The quantitative estimate of drug-likeness (QED) is 0.719. The van der Waals surface area contributed by atoms with E-state index in [1.54, 1.807) is 36.4 Å². The molecule has 4 heteroatoms. The molecule has 0 fully saturated rings. The SMILES string of the molecule is C=O.OCc1ccco1.Oc1ccccc1.c1ccccc1. The zero-order valence-corrected chi connectivity index (χ0v) is 12.2. The Morgan fingerprint density at radius 3 is 1.45 bits per heavy atom. The Morgan fingerprint density at radius 2 is 1.23 bits per heavy atom. The Morgan fingerprint density at radius 1 is 0.773 bits per heavy atom. The number of hydrogen-bond donors (Lipinski definition) is 2. The largest absolute Gasteiger partial charge is 0.508 e. The van der Waals surface area contributed by atoms with Crippen LogP contribution >= 0.6 is 0 Å². The molecule has 1 heterocycles. The van der Waals surface area contributed by atoms with Crippen molar-refractivity contribution in [2.75, 3.05) is 0 Å². The molecule has 3 aromatic rings. The summed E-state index contributed by atoms with van der Waals surface area (Å²) >= 11 is 0. The molecule has 3 rings (SSSR count). The minimum Gasteiger partial charge on any atom is -0.508 e. The van der Waals surface area contributed by atoms with E-state index in [2.05, 4.69) is 0 Å². The van der Waals surface area contributed by atoms with Crippen LogP contribution in [0.4, 0.5) is 0 Å². The number of hydrogen-bond acceptors (Lipinski definition) is 4. The lowest BCUT2D eigenvalue weighted by Gasteiger charge is -1.82. The highest BCUT2D eigenvalue weighted by atomic mass is 16.4. The second-order valence-corrected chi connectivity index (χ2v) is 3.73. The van der Waals surface area contributed by atoms with Crippen molar-refractivity contribution >= 4 is 6.79 Å². The van der Waals surface area contributed by atoms with Crippen molar-refractivity contribution in [1.29, 1.82) is 0 Å². The van der Waals surface area contributed by atoms with Crippen LogP contribution in [0.5, 0.6) is 5.75 Å². The normalized spacial score (nSPS) is 8.05. The fourth-order valence-electron chi connectivity index (χ4n) is 1.22. The Kier molecular flexibility index (Phi) is 12.7. The molecule has 0 spiro atoms. The van der Waals surface area contributed by atoms with Gasteiger partial charge in [0.2, 0.25) is 0 Å². The van der Waals surface area contributed by atoms with Crippen molar-refractivity contribution in [3.05, 3.63) is 90.9 Å². The van der Waals surface area contributed by atoms with Gasteiger partial charge in [-0.1, -0.05) is 54.6 Å². The highest BCUT2D eigenvalue weighted by Crippen LogP contribution is 2.02. The second-order valence-electron chi connectivity index (χ2n) is 3.73. The van der Waals surface area contributed by atoms with Crippen molar-refractivity contribution in [3.8, 4) is 5.75 Å². The number of aliphatic hydroxyl groups is 1. The van der Waals surface area contributed by atoms with Gasteiger partial charge in [-0.2, -0.15) is 0 Å². The molecule has 2 N–H and O–H groups in total. The molecular weight excluding hydrogens is 280 g/mol. The first-order chi connectivity index (χ1) is 10.8. The first-order valence-corrected chi connectivity index (χ1v) is 6.49. The van der Waals surface area contributed by atoms with Gasteiger partial charge >= 0.3 is 0 Å². The van der Waals surface area contributed by atoms with E-state index in [-0.39, 0.29) is 6.61 Å². The average molecular weight is 300 g/mol. The second kappa shape index (κ2) is 14.6. The van der Waals surface area contributed by atoms with Gasteiger partial charge in [0.05, 0.1) is 6.26 Å². The van der Waals surface area contributed by atoms with Gasteiger partial charge in [0, 0.05) is 0 Å². The van der Waals surface area contributed by atoms with Crippen LogP contribution in [-0.4, -0.2) is 17.0 Å². The van der Waals surface area contributed by atoms with Crippen LogP contribution < -0.4 is 0 Å². The van der Waals surface area contributed by atoms with Crippen LogP contribution in [-0.2, 0) is 11.4 Å². The van der Waals surface area contributed by atoms with Crippen LogP contribution in [0.1, 0.15) is 5.76 Å². The number of phenols is 1. The Balaban J connectivity index is 0.000000285. The molecule has 4 nitrogen and oxygen atoms in total. The highest BCUT2D eigenvalue weighted by Gasteiger charge is 1.85. The van der Waals surface area contributed by atoms with E-state index in [1.165, 1.54) is 6.26 Å². The van der Waals surface area contributed by atoms with E-state index < -0.39 is 0 Å².